The van der Waals surface area contributed by atoms with Crippen LogP contribution in [0.3, 0.4) is 0 Å². The number of pyridine rings is 1. The molecule has 0 unspecified atom stereocenters. The fourth-order valence-corrected chi connectivity index (χ4v) is 2.50. The van der Waals surface area contributed by atoms with Gasteiger partial charge in [0, 0.05) is 43.0 Å². The summed E-state index contributed by atoms with van der Waals surface area (Å²) in [6.07, 6.45) is 6.53. The van der Waals surface area contributed by atoms with Gasteiger partial charge in [-0.3, -0.25) is 9.20 Å². The molecule has 0 saturated carbocycles. The number of carbonyl (C=O) groups is 1. The molecule has 0 aliphatic heterocycles. The van der Waals surface area contributed by atoms with Crippen LogP contribution in [-0.4, -0.2) is 25.3 Å². The number of carbonyl (C=O) groups excluding carboxylic acids is 1. The normalized spacial score (nSPS) is 10.7. The molecular weight excluding hydrogens is 349 g/mol. The van der Waals surface area contributed by atoms with Crippen LogP contribution >= 0.6 is 0 Å². The highest BCUT2D eigenvalue weighted by Gasteiger charge is 2.13. The number of nitrogens with one attached hydrogen (secondary N) is 1. The monoisotopic (exact) mass is 363 g/mol. The minimum Gasteiger partial charge on any atom is -0.439 e. The fraction of sp³-hybridized carbons (Fsp3) is 0.0526. The van der Waals surface area contributed by atoms with Gasteiger partial charge in [-0.1, -0.05) is 12.1 Å². The second kappa shape index (κ2) is 7.20. The third kappa shape index (κ3) is 3.74. The van der Waals surface area contributed by atoms with Crippen molar-refractivity contribution in [2.45, 2.75) is 6.54 Å². The highest BCUT2D eigenvalue weighted by Crippen LogP contribution is 2.23. The van der Waals surface area contributed by atoms with Gasteiger partial charge in [0.15, 0.2) is 0 Å². The van der Waals surface area contributed by atoms with Crippen molar-refractivity contribution >= 4 is 11.7 Å². The number of nitrogens with zero attached hydrogens (tertiary/aromatic N) is 4. The van der Waals surface area contributed by atoms with Crippen LogP contribution in [0.1, 0.15) is 16.1 Å². The van der Waals surface area contributed by atoms with Gasteiger partial charge in [-0.05, 0) is 24.3 Å². The van der Waals surface area contributed by atoms with E-state index in [4.69, 9.17) is 4.74 Å². The Morgan fingerprint density at radius 2 is 2.04 bits per heavy atom. The maximum atomic E-state index is 13.3. The second-order valence-electron chi connectivity index (χ2n) is 5.66. The third-order valence-corrected chi connectivity index (χ3v) is 3.77. The lowest BCUT2D eigenvalue weighted by Gasteiger charge is -2.10. The average molecular weight is 363 g/mol. The van der Waals surface area contributed by atoms with Gasteiger partial charge < -0.3 is 10.1 Å². The molecule has 1 aromatic carbocycles. The van der Waals surface area contributed by atoms with E-state index in [2.05, 4.69) is 20.3 Å². The maximum Gasteiger partial charge on any atom is 0.271 e. The number of ether oxygens (including phenoxy) is 1. The molecule has 0 radical (unpaired) electrons. The summed E-state index contributed by atoms with van der Waals surface area (Å²) in [7, 11) is 0. The maximum absolute atomic E-state index is 13.3. The lowest BCUT2D eigenvalue weighted by molar-refractivity contribution is 0.0946. The van der Waals surface area contributed by atoms with E-state index in [1.807, 2.05) is 0 Å². The Balaban J connectivity index is 1.48. The quantitative estimate of drug-likeness (QED) is 0.589. The Morgan fingerprint density at radius 1 is 1.15 bits per heavy atom. The van der Waals surface area contributed by atoms with Gasteiger partial charge in [0.2, 0.25) is 11.7 Å². The zero-order valence-electron chi connectivity index (χ0n) is 14.0. The van der Waals surface area contributed by atoms with E-state index < -0.39 is 5.82 Å². The molecule has 3 aromatic heterocycles. The first-order chi connectivity index (χ1) is 13.2. The third-order valence-electron chi connectivity index (χ3n) is 3.77. The molecule has 0 spiro atoms. The van der Waals surface area contributed by atoms with Crippen molar-refractivity contribution in [1.82, 2.24) is 24.7 Å². The van der Waals surface area contributed by atoms with E-state index >= 15 is 0 Å². The summed E-state index contributed by atoms with van der Waals surface area (Å²) in [5.41, 5.74) is 0.905. The number of rotatable bonds is 5. The number of aromatic nitrogens is 4. The Bertz CT molecular complexity index is 1080. The van der Waals surface area contributed by atoms with Crippen molar-refractivity contribution in [2.75, 3.05) is 0 Å². The molecule has 4 rings (SSSR count). The van der Waals surface area contributed by atoms with Crippen molar-refractivity contribution in [2.24, 2.45) is 0 Å². The molecule has 0 aliphatic carbocycles. The standard InChI is InChI=1S/C19H14FN5O2/c20-14-5-1-6-15(10-14)27-18-13(4-2-7-21-18)11-23-17(26)16-12-25-9-3-8-22-19(25)24-16/h1-10,12H,11H2,(H,23,26). The topological polar surface area (TPSA) is 81.4 Å². The Kier molecular flexibility index (Phi) is 4.44. The molecule has 4 aromatic rings. The Morgan fingerprint density at radius 3 is 2.89 bits per heavy atom. The van der Waals surface area contributed by atoms with Crippen molar-refractivity contribution in [1.29, 1.82) is 0 Å². The highest BCUT2D eigenvalue weighted by molar-refractivity contribution is 5.92. The SMILES string of the molecule is O=C(NCc1cccnc1Oc1cccc(F)c1)c1cn2cccnc2n1. The summed E-state index contributed by atoms with van der Waals surface area (Å²) >= 11 is 0. The van der Waals surface area contributed by atoms with E-state index in [0.717, 1.165) is 0 Å². The molecule has 7 nitrogen and oxygen atoms in total. The van der Waals surface area contributed by atoms with Crippen LogP contribution in [0.4, 0.5) is 4.39 Å². The van der Waals surface area contributed by atoms with Crippen LogP contribution in [0.5, 0.6) is 11.6 Å². The number of amides is 1. The van der Waals surface area contributed by atoms with Gasteiger partial charge in [-0.2, -0.15) is 0 Å². The molecule has 3 heterocycles. The molecule has 0 fully saturated rings. The van der Waals surface area contributed by atoms with Gasteiger partial charge >= 0.3 is 0 Å². The number of imidazole rings is 1. The molecule has 27 heavy (non-hydrogen) atoms. The summed E-state index contributed by atoms with van der Waals surface area (Å²) in [5.74, 6) is 0.312. The van der Waals surface area contributed by atoms with Gasteiger partial charge in [0.05, 0.1) is 0 Å². The minimum atomic E-state index is -0.404. The zero-order chi connectivity index (χ0) is 18.6. The molecule has 1 N–H and O–H groups in total. The number of hydrogen-bond donors (Lipinski definition) is 1. The van der Waals surface area contributed by atoms with Gasteiger partial charge in [0.25, 0.3) is 5.91 Å². The van der Waals surface area contributed by atoms with E-state index in [9.17, 15) is 9.18 Å². The number of halogens is 1. The molecule has 1 amide bonds. The van der Waals surface area contributed by atoms with E-state index in [1.165, 1.54) is 12.1 Å². The first-order valence-corrected chi connectivity index (χ1v) is 8.14. The Hall–Kier alpha value is -3.81. The summed E-state index contributed by atoms with van der Waals surface area (Å²) in [5, 5.41) is 2.78. The predicted octanol–water partition coefficient (Wildman–Crippen LogP) is 2.99. The minimum absolute atomic E-state index is 0.179. The van der Waals surface area contributed by atoms with E-state index in [1.54, 1.807) is 59.5 Å². The van der Waals surface area contributed by atoms with Crippen molar-refractivity contribution < 1.29 is 13.9 Å². The molecule has 0 bridgehead atoms. The molecule has 134 valence electrons. The fourth-order valence-electron chi connectivity index (χ4n) is 2.50. The molecule has 8 heteroatoms. The van der Waals surface area contributed by atoms with E-state index in [0.29, 0.717) is 23.0 Å². The Labute approximate surface area is 153 Å². The van der Waals surface area contributed by atoms with Crippen molar-refractivity contribution in [3.05, 3.63) is 84.3 Å². The van der Waals surface area contributed by atoms with Crippen LogP contribution in [-0.2, 0) is 6.54 Å². The largest absolute Gasteiger partial charge is 0.439 e. The molecule has 0 atom stereocenters. The lowest BCUT2D eigenvalue weighted by atomic mass is 10.2. The van der Waals surface area contributed by atoms with Crippen LogP contribution < -0.4 is 10.1 Å². The summed E-state index contributed by atoms with van der Waals surface area (Å²) in [4.78, 5) is 24.8. The van der Waals surface area contributed by atoms with Crippen LogP contribution in [0.25, 0.3) is 5.78 Å². The predicted molar refractivity (Wildman–Crippen MR) is 94.9 cm³/mol. The van der Waals surface area contributed by atoms with Gasteiger partial charge in [-0.25, -0.2) is 19.3 Å². The van der Waals surface area contributed by atoms with Gasteiger partial charge in [-0.15, -0.1) is 0 Å². The molecular formula is C19H14FN5O2. The van der Waals surface area contributed by atoms with Crippen LogP contribution in [0.15, 0.2) is 67.3 Å². The first-order valence-electron chi connectivity index (χ1n) is 8.14. The first kappa shape index (κ1) is 16.6. The molecule has 0 aliphatic rings. The zero-order valence-corrected chi connectivity index (χ0v) is 14.0. The smallest absolute Gasteiger partial charge is 0.271 e. The number of benzene rings is 1. The highest BCUT2D eigenvalue weighted by atomic mass is 19.1. The van der Waals surface area contributed by atoms with Gasteiger partial charge in [0.1, 0.15) is 17.3 Å². The lowest BCUT2D eigenvalue weighted by Crippen LogP contribution is -2.23. The van der Waals surface area contributed by atoms with Crippen molar-refractivity contribution in [3.63, 3.8) is 0 Å². The molecule has 0 saturated heterocycles. The second-order valence-corrected chi connectivity index (χ2v) is 5.66. The summed E-state index contributed by atoms with van der Waals surface area (Å²) in [6, 6.07) is 11.0. The van der Waals surface area contributed by atoms with Crippen LogP contribution in [0.2, 0.25) is 0 Å². The number of hydrogen-bond acceptors (Lipinski definition) is 5. The van der Waals surface area contributed by atoms with E-state index in [-0.39, 0.29) is 18.1 Å². The van der Waals surface area contributed by atoms with Crippen LogP contribution in [0, 0.1) is 5.82 Å². The number of fused-ring (bicyclic) bond motifs is 1. The average Bonchev–Trinajstić information content (AvgIpc) is 3.11. The summed E-state index contributed by atoms with van der Waals surface area (Å²) in [6.45, 7) is 0.179. The summed E-state index contributed by atoms with van der Waals surface area (Å²) < 4.78 is 20.6. The van der Waals surface area contributed by atoms with Crippen molar-refractivity contribution in [3.8, 4) is 11.6 Å².